The summed E-state index contributed by atoms with van der Waals surface area (Å²) in [6.45, 7) is 19.1. The topological polar surface area (TPSA) is 135 Å². The van der Waals surface area contributed by atoms with Crippen LogP contribution >= 0.6 is 19.2 Å². The summed E-state index contributed by atoms with van der Waals surface area (Å²) in [5.41, 5.74) is 10.9. The fraction of sp³-hybridized carbons (Fsp3) is 0.528. The number of unbranched alkanes of at least 4 members (excludes halogenated alkanes) is 3. The number of carboxylic acid groups (broad SMARTS) is 1. The molecule has 1 aliphatic carbocycles. The lowest BCUT2D eigenvalue weighted by atomic mass is 9.57. The molecule has 9 rings (SSSR count). The summed E-state index contributed by atoms with van der Waals surface area (Å²) in [6, 6.07) is 7.52. The van der Waals surface area contributed by atoms with Crippen LogP contribution in [0.4, 0.5) is 24.5 Å². The number of hydrogen-bond donors (Lipinski definition) is 2. The zero-order valence-corrected chi connectivity index (χ0v) is 42.4. The Labute approximate surface area is 407 Å². The van der Waals surface area contributed by atoms with Gasteiger partial charge >= 0.3 is 31.6 Å². The van der Waals surface area contributed by atoms with Crippen molar-refractivity contribution < 1.29 is 51.0 Å². The van der Waals surface area contributed by atoms with E-state index in [9.17, 15) is 32.7 Å². The molecule has 6 aliphatic rings. The Morgan fingerprint density at radius 2 is 1.32 bits per heavy atom. The van der Waals surface area contributed by atoms with Gasteiger partial charge in [-0.2, -0.15) is 13.2 Å². The van der Waals surface area contributed by atoms with Gasteiger partial charge in [-0.05, 0) is 151 Å². The fourth-order valence-corrected chi connectivity index (χ4v) is 14.6. The quantitative estimate of drug-likeness (QED) is 0.0913. The molecule has 1 spiro atoms. The van der Waals surface area contributed by atoms with Crippen LogP contribution in [0.5, 0.6) is 0 Å². The number of ether oxygens (including phenoxy) is 1. The van der Waals surface area contributed by atoms with Gasteiger partial charge in [-0.3, -0.25) is 14.2 Å². The number of nitrogens with one attached hydrogen (secondary N) is 1. The summed E-state index contributed by atoms with van der Waals surface area (Å²) in [4.78, 5) is 42.6. The average molecular weight is 993 g/mol. The predicted octanol–water partition coefficient (Wildman–Crippen LogP) is 11.3. The number of nitrogens with zero attached hydrogens (tertiary/aromatic N) is 2. The van der Waals surface area contributed by atoms with Crippen LogP contribution in [-0.4, -0.2) is 73.1 Å². The van der Waals surface area contributed by atoms with E-state index in [1.54, 1.807) is 6.07 Å². The van der Waals surface area contributed by atoms with Gasteiger partial charge in [-0.15, -0.1) is 0 Å². The fourth-order valence-electron chi connectivity index (χ4n) is 12.5. The van der Waals surface area contributed by atoms with E-state index in [1.807, 2.05) is 5.32 Å². The third-order valence-electron chi connectivity index (χ3n) is 15.2. The summed E-state index contributed by atoms with van der Waals surface area (Å²) < 4.78 is 73.5. The highest BCUT2D eigenvalue weighted by atomic mass is 35.5. The van der Waals surface area contributed by atoms with Crippen molar-refractivity contribution >= 4 is 64.9 Å². The SMILES string of the molecule is CC1=CC(C)(C)N2CCCc3c2c1cc1c3C(C)(C)c2c(cc3c4c2CCCN4C(C)(C)C=C3C)C12OC(=O)c1c(Cl)cc(P(=O)(OCCCCCC(=O)O)OCCCCNC(=O)C(F)(F)F)cc12. The number of carbonyl (C=O) groups is 3. The minimum Gasteiger partial charge on any atom is -0.481 e. The molecule has 1 amide bonds. The maximum absolute atomic E-state index is 15.4. The second-order valence-corrected chi connectivity index (χ2v) is 23.6. The van der Waals surface area contributed by atoms with Crippen molar-refractivity contribution in [2.45, 2.75) is 148 Å². The van der Waals surface area contributed by atoms with Crippen molar-refractivity contribution in [2.75, 3.05) is 42.6 Å². The largest absolute Gasteiger partial charge is 0.481 e. The number of halogens is 4. The van der Waals surface area contributed by atoms with Crippen LogP contribution in [0.2, 0.25) is 5.02 Å². The molecule has 0 aromatic heterocycles. The Bertz CT molecular complexity index is 2710. The number of aliphatic carboxylic acids is 1. The Kier molecular flexibility index (Phi) is 12.4. The van der Waals surface area contributed by atoms with Crippen molar-refractivity contribution in [1.82, 2.24) is 5.32 Å². The maximum Gasteiger partial charge on any atom is 0.471 e. The van der Waals surface area contributed by atoms with Crippen LogP contribution in [0.15, 0.2) is 36.4 Å². The first kappa shape index (κ1) is 49.4. The van der Waals surface area contributed by atoms with E-state index < -0.39 is 42.6 Å². The van der Waals surface area contributed by atoms with Crippen molar-refractivity contribution in [3.05, 3.63) is 97.1 Å². The van der Waals surface area contributed by atoms with Gasteiger partial charge in [-0.25, -0.2) is 4.79 Å². The van der Waals surface area contributed by atoms with Crippen molar-refractivity contribution in [3.8, 4) is 0 Å². The molecule has 5 heterocycles. The molecule has 5 aliphatic heterocycles. The van der Waals surface area contributed by atoms with Crippen LogP contribution in [0.25, 0.3) is 11.1 Å². The maximum atomic E-state index is 15.4. The number of carboxylic acids is 1. The smallest absolute Gasteiger partial charge is 0.471 e. The van der Waals surface area contributed by atoms with Crippen LogP contribution in [-0.2, 0) is 51.8 Å². The van der Waals surface area contributed by atoms with Crippen molar-refractivity contribution in [3.63, 3.8) is 0 Å². The zero-order chi connectivity index (χ0) is 49.8. The number of allylic oxidation sites excluding steroid dienone is 2. The molecule has 0 fully saturated rings. The highest BCUT2D eigenvalue weighted by Crippen LogP contribution is 2.64. The van der Waals surface area contributed by atoms with Crippen LogP contribution in [0, 0.1) is 0 Å². The van der Waals surface area contributed by atoms with E-state index in [-0.39, 0.29) is 66.0 Å². The molecule has 11 nitrogen and oxygen atoms in total. The first-order chi connectivity index (χ1) is 32.3. The molecule has 0 saturated heterocycles. The first-order valence-corrected chi connectivity index (χ1v) is 26.2. The Morgan fingerprint density at radius 3 is 1.83 bits per heavy atom. The summed E-state index contributed by atoms with van der Waals surface area (Å²) in [5.74, 6) is -3.61. The Morgan fingerprint density at radius 1 is 0.797 bits per heavy atom. The van der Waals surface area contributed by atoms with E-state index in [2.05, 4.69) is 89.5 Å². The number of hydrogen-bond acceptors (Lipinski definition) is 9. The minimum atomic E-state index is -5.03. The molecule has 3 aromatic carbocycles. The summed E-state index contributed by atoms with van der Waals surface area (Å²) in [7, 11) is -4.36. The van der Waals surface area contributed by atoms with Crippen LogP contribution in [0.3, 0.4) is 0 Å². The molecule has 370 valence electrons. The molecule has 16 heteroatoms. The van der Waals surface area contributed by atoms with Gasteiger partial charge in [0.1, 0.15) is 0 Å². The number of esters is 1. The van der Waals surface area contributed by atoms with Crippen LogP contribution in [0.1, 0.15) is 167 Å². The van der Waals surface area contributed by atoms with Crippen molar-refractivity contribution in [1.29, 1.82) is 0 Å². The normalized spacial score (nSPS) is 20.4. The number of amides is 1. The number of rotatable bonds is 14. The molecule has 0 saturated carbocycles. The molecule has 2 N–H and O–H groups in total. The molecule has 1 atom stereocenters. The van der Waals surface area contributed by atoms with E-state index in [1.165, 1.54) is 28.6 Å². The highest BCUT2D eigenvalue weighted by molar-refractivity contribution is 7.62. The van der Waals surface area contributed by atoms with Gasteiger partial charge in [0.15, 0.2) is 5.60 Å². The summed E-state index contributed by atoms with van der Waals surface area (Å²) in [6.07, 6.45) is 4.41. The monoisotopic (exact) mass is 991 g/mol. The molecule has 3 aromatic rings. The van der Waals surface area contributed by atoms with E-state index >= 15 is 4.57 Å². The van der Waals surface area contributed by atoms with Crippen molar-refractivity contribution in [2.24, 2.45) is 0 Å². The number of benzene rings is 3. The lowest BCUT2D eigenvalue weighted by molar-refractivity contribution is -0.173. The molecule has 1 unspecified atom stereocenters. The van der Waals surface area contributed by atoms with E-state index in [4.69, 9.17) is 25.4 Å². The van der Waals surface area contributed by atoms with Gasteiger partial charge < -0.3 is 34.0 Å². The van der Waals surface area contributed by atoms with Gasteiger partial charge in [-0.1, -0.05) is 44.0 Å². The standard InChI is InChI=1S/C53H62ClF3N3O8P/c1-30-28-49(3,4)59-20-14-16-33-43-38(26-35(30)45(33)59)52(39-27-36-31(2)29-50(5,6)60-21-15-17-34(46(36)60)44(39)51(43,7)8)37-24-32(25-40(54)42(37)47(63)68-52)69(65,66-22-12-9-10-18-41(61)62)67-23-13-11-19-58-48(64)53(55,56)57/h24-29H,9-23H2,1-8H3,(H,58,64)(H,61,62). The highest BCUT2D eigenvalue weighted by Gasteiger charge is 2.60. The third-order valence-corrected chi connectivity index (χ3v) is 17.5. The number of carbonyl (C=O) groups excluding carboxylic acids is 2. The summed E-state index contributed by atoms with van der Waals surface area (Å²) >= 11 is 7.25. The second-order valence-electron chi connectivity index (χ2n) is 21.2. The van der Waals surface area contributed by atoms with Crippen LogP contribution < -0.4 is 20.4 Å². The molecule has 0 bridgehead atoms. The van der Waals surface area contributed by atoms with Gasteiger partial charge in [0.25, 0.3) is 0 Å². The average Bonchev–Trinajstić information content (AvgIpc) is 3.57. The van der Waals surface area contributed by atoms with E-state index in [0.29, 0.717) is 24.8 Å². The Hall–Kier alpha value is -4.62. The van der Waals surface area contributed by atoms with Gasteiger partial charge in [0, 0.05) is 70.7 Å². The third kappa shape index (κ3) is 8.04. The molecular formula is C53H62ClF3N3O8P. The van der Waals surface area contributed by atoms with E-state index in [0.717, 1.165) is 83.3 Å². The molecular weight excluding hydrogens is 930 g/mol. The number of fused-ring (bicyclic) bond motifs is 8. The van der Waals surface area contributed by atoms with Gasteiger partial charge in [0.05, 0.1) is 40.2 Å². The predicted molar refractivity (Wildman–Crippen MR) is 262 cm³/mol. The summed E-state index contributed by atoms with van der Waals surface area (Å²) in [5, 5.41) is 11.1. The lowest BCUT2D eigenvalue weighted by Gasteiger charge is -2.54. The number of anilines is 2. The second kappa shape index (κ2) is 17.3. The zero-order valence-electron chi connectivity index (χ0n) is 40.7. The first-order valence-electron chi connectivity index (χ1n) is 24.3. The number of alkyl halides is 3. The molecule has 0 radical (unpaired) electrons. The minimum absolute atomic E-state index is 0.00680. The molecule has 69 heavy (non-hydrogen) atoms. The van der Waals surface area contributed by atoms with Gasteiger partial charge in [0.2, 0.25) is 0 Å². The lowest BCUT2D eigenvalue weighted by Crippen LogP contribution is -2.51. The Balaban J connectivity index is 1.26.